The van der Waals surface area contributed by atoms with Gasteiger partial charge in [0.05, 0.1) is 0 Å². The second-order valence-corrected chi connectivity index (χ2v) is 5.94. The summed E-state index contributed by atoms with van der Waals surface area (Å²) in [4.78, 5) is 17.0. The largest absolute Gasteiger partial charge is 0.369 e. The highest BCUT2D eigenvalue weighted by Crippen LogP contribution is 2.34. The molecule has 1 aliphatic carbocycles. The van der Waals surface area contributed by atoms with Crippen LogP contribution >= 0.6 is 0 Å². The molecule has 112 valence electrons. The monoisotopic (exact) mass is 294 g/mol. The molecule has 22 heavy (non-hydrogen) atoms. The van der Waals surface area contributed by atoms with Gasteiger partial charge in [-0.1, -0.05) is 18.2 Å². The molecular formula is C17H18N4O. The summed E-state index contributed by atoms with van der Waals surface area (Å²) in [5.74, 6) is 0.664. The summed E-state index contributed by atoms with van der Waals surface area (Å²) < 4.78 is 4.02. The molecule has 0 fully saturated rings. The Hall–Kier alpha value is -2.56. The number of carbonyl (C=O) groups excluding carboxylic acids is 1. The van der Waals surface area contributed by atoms with Gasteiger partial charge in [0.2, 0.25) is 0 Å². The van der Waals surface area contributed by atoms with Gasteiger partial charge < -0.3 is 14.9 Å². The number of benzene rings is 1. The van der Waals surface area contributed by atoms with Gasteiger partial charge in [-0.25, -0.2) is 4.98 Å². The van der Waals surface area contributed by atoms with Crippen LogP contribution in [0, 0.1) is 5.92 Å². The van der Waals surface area contributed by atoms with Crippen molar-refractivity contribution >= 4 is 22.6 Å². The summed E-state index contributed by atoms with van der Waals surface area (Å²) in [6.07, 6.45) is 5.28. The SMILES string of the molecule is Cn1c2c(c3ccccc31)C(=O)C(Cn1ccnc1N)CC2. The Kier molecular flexibility index (Phi) is 2.82. The number of fused-ring (bicyclic) bond motifs is 3. The van der Waals surface area contributed by atoms with Crippen molar-refractivity contribution in [1.29, 1.82) is 0 Å². The molecule has 1 aliphatic rings. The van der Waals surface area contributed by atoms with Crippen LogP contribution in [0.2, 0.25) is 0 Å². The maximum atomic E-state index is 13.0. The molecule has 1 unspecified atom stereocenters. The third kappa shape index (κ3) is 1.78. The zero-order valence-electron chi connectivity index (χ0n) is 12.5. The maximum Gasteiger partial charge on any atom is 0.200 e. The number of nitrogens with zero attached hydrogens (tertiary/aromatic N) is 3. The van der Waals surface area contributed by atoms with E-state index in [1.807, 2.05) is 36.0 Å². The molecular weight excluding hydrogens is 276 g/mol. The summed E-state index contributed by atoms with van der Waals surface area (Å²) in [6.45, 7) is 0.604. The lowest BCUT2D eigenvalue weighted by Gasteiger charge is -2.22. The Bertz CT molecular complexity index is 874. The van der Waals surface area contributed by atoms with Crippen LogP contribution in [0.25, 0.3) is 10.9 Å². The topological polar surface area (TPSA) is 65.8 Å². The zero-order chi connectivity index (χ0) is 15.3. The predicted molar refractivity (Wildman–Crippen MR) is 85.7 cm³/mol. The van der Waals surface area contributed by atoms with Gasteiger partial charge in [0, 0.05) is 54.1 Å². The lowest BCUT2D eigenvalue weighted by Crippen LogP contribution is -2.27. The number of hydrogen-bond donors (Lipinski definition) is 1. The number of hydrogen-bond acceptors (Lipinski definition) is 3. The van der Waals surface area contributed by atoms with E-state index in [-0.39, 0.29) is 11.7 Å². The van der Waals surface area contributed by atoms with E-state index in [2.05, 4.69) is 15.6 Å². The highest BCUT2D eigenvalue weighted by molar-refractivity contribution is 6.11. The predicted octanol–water partition coefficient (Wildman–Crippen LogP) is 2.40. The van der Waals surface area contributed by atoms with Crippen LogP contribution in [-0.4, -0.2) is 19.9 Å². The molecule has 2 N–H and O–H groups in total. The second kappa shape index (κ2) is 4.73. The van der Waals surface area contributed by atoms with Crippen LogP contribution in [0.15, 0.2) is 36.7 Å². The number of anilines is 1. The quantitative estimate of drug-likeness (QED) is 0.789. The number of nitrogens with two attached hydrogens (primary N) is 1. The Morgan fingerprint density at radius 2 is 2.18 bits per heavy atom. The summed E-state index contributed by atoms with van der Waals surface area (Å²) >= 11 is 0. The van der Waals surface area contributed by atoms with Crippen LogP contribution in [0.4, 0.5) is 5.95 Å². The third-order valence-corrected chi connectivity index (χ3v) is 4.74. The van der Waals surface area contributed by atoms with Crippen molar-refractivity contribution in [3.05, 3.63) is 47.9 Å². The Morgan fingerprint density at radius 3 is 2.95 bits per heavy atom. The Morgan fingerprint density at radius 1 is 1.36 bits per heavy atom. The summed E-state index contributed by atoms with van der Waals surface area (Å²) in [5, 5.41) is 1.06. The molecule has 0 radical (unpaired) electrons. The number of aromatic nitrogens is 3. The molecule has 3 aromatic rings. The number of aryl methyl sites for hydroxylation is 1. The molecule has 2 aromatic heterocycles. The van der Waals surface area contributed by atoms with E-state index in [9.17, 15) is 4.79 Å². The standard InChI is InChI=1S/C17H18N4O/c1-20-13-5-3-2-4-12(13)15-14(20)7-6-11(16(15)22)10-21-9-8-19-17(21)18/h2-5,8-9,11H,6-7,10H2,1H3,(H2,18,19). The Labute approximate surface area is 128 Å². The number of carbonyl (C=O) groups is 1. The fraction of sp³-hybridized carbons (Fsp3) is 0.294. The first kappa shape index (κ1) is 13.1. The lowest BCUT2D eigenvalue weighted by molar-refractivity contribution is 0.0889. The van der Waals surface area contributed by atoms with Gasteiger partial charge in [-0.3, -0.25) is 4.79 Å². The fourth-order valence-electron chi connectivity index (χ4n) is 3.57. The van der Waals surface area contributed by atoms with E-state index in [0.717, 1.165) is 35.0 Å². The van der Waals surface area contributed by atoms with Gasteiger partial charge in [0.1, 0.15) is 0 Å². The molecule has 4 rings (SSSR count). The zero-order valence-corrected chi connectivity index (χ0v) is 12.5. The highest BCUT2D eigenvalue weighted by atomic mass is 16.1. The minimum Gasteiger partial charge on any atom is -0.369 e. The molecule has 0 saturated heterocycles. The smallest absolute Gasteiger partial charge is 0.200 e. The summed E-state index contributed by atoms with van der Waals surface area (Å²) in [6, 6.07) is 8.12. The molecule has 0 saturated carbocycles. The molecule has 2 heterocycles. The molecule has 1 atom stereocenters. The fourth-order valence-corrected chi connectivity index (χ4v) is 3.57. The van der Waals surface area contributed by atoms with Gasteiger partial charge >= 0.3 is 0 Å². The molecule has 0 spiro atoms. The average Bonchev–Trinajstić information content (AvgIpc) is 3.05. The van der Waals surface area contributed by atoms with E-state index in [1.165, 1.54) is 0 Å². The van der Waals surface area contributed by atoms with E-state index in [1.54, 1.807) is 6.20 Å². The summed E-state index contributed by atoms with van der Waals surface area (Å²) in [5.41, 5.74) is 9.01. The van der Waals surface area contributed by atoms with Crippen molar-refractivity contribution in [3.8, 4) is 0 Å². The number of Topliss-reactive ketones (excluding diaryl/α,β-unsaturated/α-hetero) is 1. The highest BCUT2D eigenvalue weighted by Gasteiger charge is 2.32. The van der Waals surface area contributed by atoms with Crippen molar-refractivity contribution < 1.29 is 4.79 Å². The number of rotatable bonds is 2. The summed E-state index contributed by atoms with van der Waals surface area (Å²) in [7, 11) is 2.04. The van der Waals surface area contributed by atoms with E-state index >= 15 is 0 Å². The van der Waals surface area contributed by atoms with E-state index < -0.39 is 0 Å². The number of imidazole rings is 1. The molecule has 5 heteroatoms. The molecule has 0 amide bonds. The molecule has 1 aromatic carbocycles. The van der Waals surface area contributed by atoms with Gasteiger partial charge in [-0.05, 0) is 18.9 Å². The van der Waals surface area contributed by atoms with Crippen LogP contribution < -0.4 is 5.73 Å². The lowest BCUT2D eigenvalue weighted by atomic mass is 9.85. The second-order valence-electron chi connectivity index (χ2n) is 5.94. The normalized spacial score (nSPS) is 17.9. The van der Waals surface area contributed by atoms with Crippen molar-refractivity contribution in [2.45, 2.75) is 19.4 Å². The van der Waals surface area contributed by atoms with Crippen LogP contribution in [0.3, 0.4) is 0 Å². The van der Waals surface area contributed by atoms with Gasteiger partial charge in [0.25, 0.3) is 0 Å². The Balaban J connectivity index is 1.77. The molecule has 5 nitrogen and oxygen atoms in total. The van der Waals surface area contributed by atoms with E-state index in [0.29, 0.717) is 12.5 Å². The first-order valence-corrected chi connectivity index (χ1v) is 7.54. The van der Waals surface area contributed by atoms with Crippen LogP contribution in [-0.2, 0) is 20.0 Å². The minimum atomic E-state index is -0.0326. The van der Waals surface area contributed by atoms with Crippen molar-refractivity contribution in [2.24, 2.45) is 13.0 Å². The van der Waals surface area contributed by atoms with Crippen molar-refractivity contribution in [1.82, 2.24) is 14.1 Å². The number of ketones is 1. The molecule has 0 aliphatic heterocycles. The van der Waals surface area contributed by atoms with Crippen LogP contribution in [0.5, 0.6) is 0 Å². The number of para-hydroxylation sites is 1. The van der Waals surface area contributed by atoms with E-state index in [4.69, 9.17) is 5.73 Å². The van der Waals surface area contributed by atoms with Crippen molar-refractivity contribution in [2.75, 3.05) is 5.73 Å². The van der Waals surface area contributed by atoms with Gasteiger partial charge in [0.15, 0.2) is 11.7 Å². The van der Waals surface area contributed by atoms with Gasteiger partial charge in [-0.15, -0.1) is 0 Å². The minimum absolute atomic E-state index is 0.0326. The third-order valence-electron chi connectivity index (χ3n) is 4.74. The number of nitrogen functional groups attached to an aromatic ring is 1. The first-order valence-electron chi connectivity index (χ1n) is 7.54. The van der Waals surface area contributed by atoms with Crippen LogP contribution in [0.1, 0.15) is 22.5 Å². The first-order chi connectivity index (χ1) is 10.7. The average molecular weight is 294 g/mol. The van der Waals surface area contributed by atoms with Crippen molar-refractivity contribution in [3.63, 3.8) is 0 Å². The van der Waals surface area contributed by atoms with Gasteiger partial charge in [-0.2, -0.15) is 0 Å². The maximum absolute atomic E-state index is 13.0. The molecule has 0 bridgehead atoms.